The van der Waals surface area contributed by atoms with E-state index in [2.05, 4.69) is 5.32 Å². The minimum Gasteiger partial charge on any atom is -0.385 e. The first-order valence-corrected chi connectivity index (χ1v) is 6.63. The molecule has 7 heteroatoms. The summed E-state index contributed by atoms with van der Waals surface area (Å²) in [7, 11) is 1.24. The molecule has 0 fully saturated rings. The summed E-state index contributed by atoms with van der Waals surface area (Å²) < 4.78 is 84.8. The molecule has 0 aliphatic carbocycles. The summed E-state index contributed by atoms with van der Waals surface area (Å²) >= 11 is 0. The molecule has 0 bridgehead atoms. The number of anilines is 1. The van der Waals surface area contributed by atoms with Gasteiger partial charge in [0.05, 0.1) is 16.8 Å². The van der Waals surface area contributed by atoms with Gasteiger partial charge >= 0.3 is 0 Å². The van der Waals surface area contributed by atoms with Crippen LogP contribution in [0.4, 0.5) is 32.0 Å². The number of nitrogens with one attached hydrogen (secondary N) is 1. The lowest BCUT2D eigenvalue weighted by molar-refractivity contribution is 0.476. The Morgan fingerprint density at radius 1 is 0.522 bits per heavy atom. The molecule has 0 unspecified atom stereocenters. The fourth-order valence-electron chi connectivity index (χ4n) is 2.39. The van der Waals surface area contributed by atoms with Gasteiger partial charge in [0.2, 0.25) is 0 Å². The summed E-state index contributed by atoms with van der Waals surface area (Å²) in [5.74, 6) is -9.20. The zero-order valence-corrected chi connectivity index (χ0v) is 12.8. The van der Waals surface area contributed by atoms with Crippen molar-refractivity contribution in [2.45, 2.75) is 20.8 Å². The molecule has 0 radical (unpaired) electrons. The molecule has 1 N–H and O–H groups in total. The zero-order valence-electron chi connectivity index (χ0n) is 12.8. The molecular weight excluding hydrogens is 320 g/mol. The fraction of sp³-hybridized carbons (Fsp3) is 0.250. The maximum absolute atomic E-state index is 14.5. The van der Waals surface area contributed by atoms with Gasteiger partial charge in [-0.15, -0.1) is 0 Å². The average Bonchev–Trinajstić information content (AvgIpc) is 2.52. The van der Waals surface area contributed by atoms with Gasteiger partial charge in [-0.3, -0.25) is 0 Å². The number of rotatable bonds is 2. The van der Waals surface area contributed by atoms with Gasteiger partial charge in [0.1, 0.15) is 5.82 Å². The van der Waals surface area contributed by atoms with Crippen molar-refractivity contribution in [3.63, 3.8) is 0 Å². The minimum atomic E-state index is -1.78. The van der Waals surface area contributed by atoms with E-state index in [0.29, 0.717) is 0 Å². The molecule has 0 aliphatic heterocycles. The first-order valence-electron chi connectivity index (χ1n) is 6.63. The molecule has 0 aliphatic rings. The van der Waals surface area contributed by atoms with E-state index in [4.69, 9.17) is 0 Å². The van der Waals surface area contributed by atoms with Crippen molar-refractivity contribution in [1.29, 1.82) is 0 Å². The van der Waals surface area contributed by atoms with Crippen molar-refractivity contribution in [3.8, 4) is 11.1 Å². The van der Waals surface area contributed by atoms with Crippen LogP contribution in [-0.4, -0.2) is 7.05 Å². The summed E-state index contributed by atoms with van der Waals surface area (Å²) in [5.41, 5.74) is -4.05. The highest BCUT2D eigenvalue weighted by atomic mass is 19.2. The molecule has 1 nitrogen and oxygen atoms in total. The standard InChI is InChI=1S/C16H13F6N/c1-5-6(2)11(18)13(20)8(10(5)17)9-14(21)12(19)7(3)16(23-4)15(9)22/h23H,1-4H3. The second-order valence-electron chi connectivity index (χ2n) is 5.13. The normalized spacial score (nSPS) is 11.0. The summed E-state index contributed by atoms with van der Waals surface area (Å²) in [6.45, 7) is 3.36. The Bertz CT molecular complexity index is 784. The maximum atomic E-state index is 14.5. The lowest BCUT2D eigenvalue weighted by Gasteiger charge is -2.17. The Balaban J connectivity index is 3.03. The van der Waals surface area contributed by atoms with Gasteiger partial charge < -0.3 is 5.32 Å². The monoisotopic (exact) mass is 333 g/mol. The van der Waals surface area contributed by atoms with Crippen LogP contribution in [0.3, 0.4) is 0 Å². The number of benzene rings is 2. The van der Waals surface area contributed by atoms with Crippen LogP contribution in [0.5, 0.6) is 0 Å². The third-order valence-electron chi connectivity index (χ3n) is 3.91. The molecule has 0 amide bonds. The summed E-state index contributed by atoms with van der Waals surface area (Å²) in [6, 6.07) is 0. The molecule has 0 spiro atoms. The molecule has 2 aromatic rings. The van der Waals surface area contributed by atoms with Gasteiger partial charge in [-0.25, -0.2) is 26.3 Å². The molecule has 0 heterocycles. The zero-order chi connectivity index (χ0) is 17.6. The van der Waals surface area contributed by atoms with E-state index in [1.165, 1.54) is 7.05 Å². The fourth-order valence-corrected chi connectivity index (χ4v) is 2.39. The van der Waals surface area contributed by atoms with Crippen molar-refractivity contribution in [3.05, 3.63) is 51.6 Å². The van der Waals surface area contributed by atoms with E-state index in [1.54, 1.807) is 0 Å². The highest BCUT2D eigenvalue weighted by Gasteiger charge is 2.30. The van der Waals surface area contributed by atoms with Crippen LogP contribution >= 0.6 is 0 Å². The predicted molar refractivity (Wildman–Crippen MR) is 75.4 cm³/mol. The molecule has 0 saturated heterocycles. The molecule has 0 saturated carbocycles. The Kier molecular flexibility index (Phi) is 4.32. The van der Waals surface area contributed by atoms with Crippen molar-refractivity contribution >= 4 is 5.69 Å². The van der Waals surface area contributed by atoms with Crippen LogP contribution in [0.2, 0.25) is 0 Å². The third kappa shape index (κ3) is 2.34. The van der Waals surface area contributed by atoms with Crippen LogP contribution in [0.1, 0.15) is 16.7 Å². The first kappa shape index (κ1) is 17.2. The minimum absolute atomic E-state index is 0.315. The highest BCUT2D eigenvalue weighted by molar-refractivity contribution is 5.74. The van der Waals surface area contributed by atoms with Crippen LogP contribution in [0, 0.1) is 55.7 Å². The largest absolute Gasteiger partial charge is 0.385 e. The Labute approximate surface area is 128 Å². The van der Waals surface area contributed by atoms with E-state index in [1.807, 2.05) is 0 Å². The number of halogens is 6. The Morgan fingerprint density at radius 2 is 0.913 bits per heavy atom. The SMILES string of the molecule is CNc1c(C)c(F)c(F)c(-c2c(F)c(C)c(C)c(F)c2F)c1F. The van der Waals surface area contributed by atoms with Gasteiger partial charge in [0, 0.05) is 12.6 Å². The third-order valence-corrected chi connectivity index (χ3v) is 3.91. The van der Waals surface area contributed by atoms with Crippen molar-refractivity contribution in [1.82, 2.24) is 0 Å². The second kappa shape index (κ2) is 5.79. The Morgan fingerprint density at radius 3 is 1.39 bits per heavy atom. The van der Waals surface area contributed by atoms with Crippen LogP contribution in [0.25, 0.3) is 11.1 Å². The molecular formula is C16H13F6N. The van der Waals surface area contributed by atoms with Crippen LogP contribution in [0.15, 0.2) is 0 Å². The topological polar surface area (TPSA) is 12.0 Å². The highest BCUT2D eigenvalue weighted by Crippen LogP contribution is 2.39. The van der Waals surface area contributed by atoms with Crippen molar-refractivity contribution < 1.29 is 26.3 Å². The van der Waals surface area contributed by atoms with Crippen LogP contribution in [-0.2, 0) is 0 Å². The molecule has 0 atom stereocenters. The summed E-state index contributed by atoms with van der Waals surface area (Å²) in [5, 5.41) is 2.30. The smallest absolute Gasteiger partial charge is 0.170 e. The van der Waals surface area contributed by atoms with Gasteiger partial charge in [0.15, 0.2) is 29.1 Å². The van der Waals surface area contributed by atoms with Crippen molar-refractivity contribution in [2.75, 3.05) is 12.4 Å². The molecule has 2 aromatic carbocycles. The summed E-state index contributed by atoms with van der Waals surface area (Å²) in [6.07, 6.45) is 0. The van der Waals surface area contributed by atoms with Gasteiger partial charge in [0.25, 0.3) is 0 Å². The first-order chi connectivity index (χ1) is 10.6. The molecule has 0 aromatic heterocycles. The average molecular weight is 333 g/mol. The van der Waals surface area contributed by atoms with E-state index in [0.717, 1.165) is 20.8 Å². The quantitative estimate of drug-likeness (QED) is 0.592. The van der Waals surface area contributed by atoms with E-state index < -0.39 is 57.3 Å². The van der Waals surface area contributed by atoms with Gasteiger partial charge in [-0.05, 0) is 31.9 Å². The number of hydrogen-bond donors (Lipinski definition) is 1. The van der Waals surface area contributed by atoms with Gasteiger partial charge in [-0.2, -0.15) is 0 Å². The molecule has 124 valence electrons. The summed E-state index contributed by atoms with van der Waals surface area (Å²) in [4.78, 5) is 0. The lowest BCUT2D eigenvalue weighted by Crippen LogP contribution is -2.09. The van der Waals surface area contributed by atoms with E-state index in [-0.39, 0.29) is 11.1 Å². The second-order valence-corrected chi connectivity index (χ2v) is 5.13. The molecule has 23 heavy (non-hydrogen) atoms. The Hall–Kier alpha value is -2.18. The van der Waals surface area contributed by atoms with E-state index >= 15 is 0 Å². The number of hydrogen-bond acceptors (Lipinski definition) is 1. The lowest BCUT2D eigenvalue weighted by atomic mass is 9.95. The van der Waals surface area contributed by atoms with Crippen LogP contribution < -0.4 is 5.32 Å². The van der Waals surface area contributed by atoms with E-state index in [9.17, 15) is 26.3 Å². The predicted octanol–water partition coefficient (Wildman–Crippen LogP) is 5.16. The van der Waals surface area contributed by atoms with Crippen molar-refractivity contribution in [2.24, 2.45) is 0 Å². The molecule has 2 rings (SSSR count). The maximum Gasteiger partial charge on any atom is 0.170 e. The van der Waals surface area contributed by atoms with Gasteiger partial charge in [-0.1, -0.05) is 0 Å².